The van der Waals surface area contributed by atoms with Crippen molar-refractivity contribution in [3.63, 3.8) is 0 Å². The summed E-state index contributed by atoms with van der Waals surface area (Å²) in [4.78, 5) is 3.97. The van der Waals surface area contributed by atoms with Crippen LogP contribution in [0.5, 0.6) is 0 Å². The molecule has 1 N–H and O–H groups in total. The van der Waals surface area contributed by atoms with Crippen molar-refractivity contribution in [2.45, 2.75) is 29.9 Å². The summed E-state index contributed by atoms with van der Waals surface area (Å²) in [5.41, 5.74) is 0.908. The summed E-state index contributed by atoms with van der Waals surface area (Å²) in [5.74, 6) is -0.487. The summed E-state index contributed by atoms with van der Waals surface area (Å²) in [6, 6.07) is 7.81. The molecule has 1 aliphatic heterocycles. The number of hydrogen-bond acceptors (Lipinski definition) is 4. The normalized spacial score (nSPS) is 22.3. The van der Waals surface area contributed by atoms with Gasteiger partial charge in [0, 0.05) is 18.9 Å². The Morgan fingerprint density at radius 2 is 1.83 bits per heavy atom. The van der Waals surface area contributed by atoms with Crippen LogP contribution in [0.2, 0.25) is 0 Å². The van der Waals surface area contributed by atoms with Gasteiger partial charge in [-0.15, -0.1) is 0 Å². The number of rotatable bonds is 4. The average molecular weight is 336 g/mol. The lowest BCUT2D eigenvalue weighted by Crippen LogP contribution is -2.41. The Balaban J connectivity index is 1.89. The van der Waals surface area contributed by atoms with Gasteiger partial charge in [-0.2, -0.15) is 4.31 Å². The molecule has 1 aliphatic rings. The Kier molecular flexibility index (Phi) is 4.43. The second-order valence-electron chi connectivity index (χ2n) is 5.55. The van der Waals surface area contributed by atoms with Gasteiger partial charge in [0.2, 0.25) is 10.0 Å². The van der Waals surface area contributed by atoms with Gasteiger partial charge in [0.25, 0.3) is 0 Å². The standard InChI is InChI=1S/C16H17FN2O3S/c17-13-1-3-14(4-2-13)23(21,22)19-10-7-16(20)15(19)11-12-5-8-18-9-6-12/h1-6,8-9,15-16,20H,7,10-11H2/t15-,16-/m1/s1. The smallest absolute Gasteiger partial charge is 0.243 e. The molecule has 2 aromatic rings. The maximum absolute atomic E-state index is 13.0. The van der Waals surface area contributed by atoms with Gasteiger partial charge < -0.3 is 5.11 Å². The van der Waals surface area contributed by atoms with Crippen LogP contribution >= 0.6 is 0 Å². The lowest BCUT2D eigenvalue weighted by Gasteiger charge is -2.25. The van der Waals surface area contributed by atoms with Gasteiger partial charge in [0.05, 0.1) is 17.0 Å². The Hall–Kier alpha value is -1.83. The number of halogens is 1. The van der Waals surface area contributed by atoms with Crippen molar-refractivity contribution < 1.29 is 17.9 Å². The third-order valence-corrected chi connectivity index (χ3v) is 6.01. The Bertz CT molecular complexity index is 766. The number of pyridine rings is 1. The number of aliphatic hydroxyl groups excluding tert-OH is 1. The highest BCUT2D eigenvalue weighted by molar-refractivity contribution is 7.89. The van der Waals surface area contributed by atoms with E-state index in [-0.39, 0.29) is 11.4 Å². The van der Waals surface area contributed by atoms with Crippen molar-refractivity contribution in [1.29, 1.82) is 0 Å². The monoisotopic (exact) mass is 336 g/mol. The van der Waals surface area contributed by atoms with Crippen molar-refractivity contribution in [1.82, 2.24) is 9.29 Å². The molecule has 0 saturated carbocycles. The fraction of sp³-hybridized carbons (Fsp3) is 0.312. The molecule has 23 heavy (non-hydrogen) atoms. The van der Waals surface area contributed by atoms with Gasteiger partial charge in [-0.1, -0.05) is 0 Å². The SMILES string of the molecule is O=S(=O)(c1ccc(F)cc1)N1CC[C@@H](O)[C@H]1Cc1ccncc1. The van der Waals surface area contributed by atoms with Gasteiger partial charge >= 0.3 is 0 Å². The number of benzene rings is 1. The highest BCUT2D eigenvalue weighted by Crippen LogP contribution is 2.28. The van der Waals surface area contributed by atoms with Crippen molar-refractivity contribution in [3.8, 4) is 0 Å². The number of sulfonamides is 1. The van der Waals surface area contributed by atoms with E-state index < -0.39 is 28.0 Å². The second-order valence-corrected chi connectivity index (χ2v) is 7.44. The number of nitrogens with zero attached hydrogens (tertiary/aromatic N) is 2. The molecule has 2 atom stereocenters. The van der Waals surface area contributed by atoms with Crippen molar-refractivity contribution in [2.75, 3.05) is 6.54 Å². The van der Waals surface area contributed by atoms with Crippen molar-refractivity contribution in [2.24, 2.45) is 0 Å². The van der Waals surface area contributed by atoms with Crippen molar-refractivity contribution >= 4 is 10.0 Å². The molecule has 122 valence electrons. The maximum atomic E-state index is 13.0. The first kappa shape index (κ1) is 16.0. The van der Waals surface area contributed by atoms with Gasteiger partial charge in [-0.05, 0) is 54.8 Å². The minimum atomic E-state index is -3.77. The first-order valence-electron chi connectivity index (χ1n) is 7.33. The van der Waals surface area contributed by atoms with E-state index in [1.807, 2.05) is 0 Å². The van der Waals surface area contributed by atoms with Crippen LogP contribution in [0.1, 0.15) is 12.0 Å². The molecule has 3 rings (SSSR count). The maximum Gasteiger partial charge on any atom is 0.243 e. The molecule has 0 radical (unpaired) electrons. The summed E-state index contributed by atoms with van der Waals surface area (Å²) in [5, 5.41) is 10.2. The Morgan fingerprint density at radius 1 is 1.17 bits per heavy atom. The predicted octanol–water partition coefficient (Wildman–Crippen LogP) is 1.59. The number of aromatic nitrogens is 1. The summed E-state index contributed by atoms with van der Waals surface area (Å²) < 4.78 is 39.9. The quantitative estimate of drug-likeness (QED) is 0.920. The topological polar surface area (TPSA) is 70.5 Å². The molecular formula is C16H17FN2O3S. The largest absolute Gasteiger partial charge is 0.391 e. The van der Waals surface area contributed by atoms with E-state index in [4.69, 9.17) is 0 Å². The van der Waals surface area contributed by atoms with Crippen LogP contribution in [0.25, 0.3) is 0 Å². The van der Waals surface area contributed by atoms with Crippen LogP contribution in [0.4, 0.5) is 4.39 Å². The Labute approximate surface area is 134 Å². The molecule has 0 bridgehead atoms. The predicted molar refractivity (Wildman–Crippen MR) is 82.6 cm³/mol. The molecule has 0 unspecified atom stereocenters. The van der Waals surface area contributed by atoms with Gasteiger partial charge in [-0.3, -0.25) is 4.98 Å². The van der Waals surface area contributed by atoms with Gasteiger partial charge in [0.15, 0.2) is 0 Å². The van der Waals surface area contributed by atoms with E-state index in [1.54, 1.807) is 24.5 Å². The zero-order chi connectivity index (χ0) is 16.4. The van der Waals surface area contributed by atoms with Crippen LogP contribution < -0.4 is 0 Å². The molecule has 0 spiro atoms. The second kappa shape index (κ2) is 6.35. The summed E-state index contributed by atoms with van der Waals surface area (Å²) in [7, 11) is -3.77. The molecular weight excluding hydrogens is 319 g/mol. The molecule has 1 saturated heterocycles. The first-order chi connectivity index (χ1) is 11.0. The summed E-state index contributed by atoms with van der Waals surface area (Å²) in [6.07, 6.45) is 3.34. The molecule has 2 heterocycles. The van der Waals surface area contributed by atoms with Crippen LogP contribution in [-0.2, 0) is 16.4 Å². The van der Waals surface area contributed by atoms with Gasteiger partial charge in [-0.25, -0.2) is 12.8 Å². The molecule has 0 amide bonds. The molecule has 5 nitrogen and oxygen atoms in total. The summed E-state index contributed by atoms with van der Waals surface area (Å²) in [6.45, 7) is 0.247. The van der Waals surface area contributed by atoms with E-state index in [0.29, 0.717) is 12.8 Å². The minimum absolute atomic E-state index is 0.0349. The van der Waals surface area contributed by atoms with E-state index in [1.165, 1.54) is 16.4 Å². The third-order valence-electron chi connectivity index (χ3n) is 4.07. The average Bonchev–Trinajstić information content (AvgIpc) is 2.90. The fourth-order valence-corrected chi connectivity index (χ4v) is 4.52. The van der Waals surface area contributed by atoms with E-state index >= 15 is 0 Å². The summed E-state index contributed by atoms with van der Waals surface area (Å²) >= 11 is 0. The molecule has 1 fully saturated rings. The number of aliphatic hydroxyl groups is 1. The first-order valence-corrected chi connectivity index (χ1v) is 8.77. The van der Waals surface area contributed by atoms with Crippen LogP contribution in [-0.4, -0.2) is 41.5 Å². The third kappa shape index (κ3) is 3.26. The van der Waals surface area contributed by atoms with Crippen LogP contribution in [0.3, 0.4) is 0 Å². The molecule has 0 aliphatic carbocycles. The molecule has 7 heteroatoms. The van der Waals surface area contributed by atoms with Crippen molar-refractivity contribution in [3.05, 3.63) is 60.2 Å². The lowest BCUT2D eigenvalue weighted by molar-refractivity contribution is 0.142. The van der Waals surface area contributed by atoms with E-state index in [2.05, 4.69) is 4.98 Å². The molecule has 1 aromatic heterocycles. The van der Waals surface area contributed by atoms with Crippen LogP contribution in [0.15, 0.2) is 53.7 Å². The number of hydrogen-bond donors (Lipinski definition) is 1. The van der Waals surface area contributed by atoms with Gasteiger partial charge in [0.1, 0.15) is 5.82 Å². The van der Waals surface area contributed by atoms with Crippen LogP contribution in [0, 0.1) is 5.82 Å². The highest BCUT2D eigenvalue weighted by atomic mass is 32.2. The zero-order valence-corrected chi connectivity index (χ0v) is 13.2. The Morgan fingerprint density at radius 3 is 2.48 bits per heavy atom. The lowest BCUT2D eigenvalue weighted by atomic mass is 10.0. The minimum Gasteiger partial charge on any atom is -0.391 e. The van der Waals surface area contributed by atoms with E-state index in [0.717, 1.165) is 17.7 Å². The highest BCUT2D eigenvalue weighted by Gasteiger charge is 2.40. The zero-order valence-electron chi connectivity index (χ0n) is 12.3. The molecule has 1 aromatic carbocycles. The van der Waals surface area contributed by atoms with E-state index in [9.17, 15) is 17.9 Å². The fourth-order valence-electron chi connectivity index (χ4n) is 2.85.